The molecule has 0 spiro atoms. The first kappa shape index (κ1) is 9.76. The molecule has 0 atom stereocenters. The zero-order valence-electron chi connectivity index (χ0n) is 6.03. The van der Waals surface area contributed by atoms with Crippen molar-refractivity contribution in [2.24, 2.45) is 0 Å². The van der Waals surface area contributed by atoms with Crippen molar-refractivity contribution in [3.63, 3.8) is 0 Å². The third-order valence-electron chi connectivity index (χ3n) is 1.22. The Bertz CT molecular complexity index is 312. The molecule has 0 saturated heterocycles. The van der Waals surface area contributed by atoms with Crippen molar-refractivity contribution in [2.75, 3.05) is 0 Å². The summed E-state index contributed by atoms with van der Waals surface area (Å²) in [5.41, 5.74) is 0. The van der Waals surface area contributed by atoms with Crippen LogP contribution in [0.5, 0.6) is 5.75 Å². The van der Waals surface area contributed by atoms with Crippen LogP contribution in [-0.2, 0) is 0 Å². The van der Waals surface area contributed by atoms with Crippen LogP contribution in [0.4, 0.5) is 22.0 Å². The Balaban J connectivity index is 3.04. The Labute approximate surface area is 69.7 Å². The lowest BCUT2D eigenvalue weighted by molar-refractivity contribution is -0.0526. The quantitative estimate of drug-likeness (QED) is 0.524. The highest BCUT2D eigenvalue weighted by molar-refractivity contribution is 5.26. The topological polar surface area (TPSA) is 9.23 Å². The van der Waals surface area contributed by atoms with Gasteiger partial charge < -0.3 is 4.74 Å². The molecular formula is C7H3F5O. The second-order valence-corrected chi connectivity index (χ2v) is 2.05. The number of rotatable bonds is 2. The number of hydrogen-bond donors (Lipinski definition) is 0. The monoisotopic (exact) mass is 198 g/mol. The zero-order chi connectivity index (χ0) is 10.0. The van der Waals surface area contributed by atoms with Crippen LogP contribution in [0.25, 0.3) is 0 Å². The molecule has 1 nitrogen and oxygen atoms in total. The normalized spacial score (nSPS) is 10.6. The number of benzene rings is 1. The van der Waals surface area contributed by atoms with Crippen molar-refractivity contribution in [3.8, 4) is 5.75 Å². The van der Waals surface area contributed by atoms with Gasteiger partial charge in [0, 0.05) is 0 Å². The minimum atomic E-state index is -3.28. The van der Waals surface area contributed by atoms with Crippen LogP contribution < -0.4 is 4.74 Å². The summed E-state index contributed by atoms with van der Waals surface area (Å²) >= 11 is 0. The Morgan fingerprint density at radius 3 is 2.15 bits per heavy atom. The summed E-state index contributed by atoms with van der Waals surface area (Å²) in [4.78, 5) is 0. The molecule has 0 aromatic heterocycles. The highest BCUT2D eigenvalue weighted by Gasteiger charge is 2.16. The summed E-state index contributed by atoms with van der Waals surface area (Å²) in [5.74, 6) is -6.08. The lowest BCUT2D eigenvalue weighted by atomic mass is 10.3. The lowest BCUT2D eigenvalue weighted by Crippen LogP contribution is -2.05. The van der Waals surface area contributed by atoms with Crippen molar-refractivity contribution < 1.29 is 26.7 Å². The van der Waals surface area contributed by atoms with Gasteiger partial charge in [-0.1, -0.05) is 0 Å². The molecule has 0 unspecified atom stereocenters. The first-order chi connectivity index (χ1) is 6.02. The first-order valence-electron chi connectivity index (χ1n) is 3.10. The maximum absolute atomic E-state index is 12.5. The Hall–Kier alpha value is -1.33. The van der Waals surface area contributed by atoms with Crippen molar-refractivity contribution >= 4 is 0 Å². The summed E-state index contributed by atoms with van der Waals surface area (Å²) in [6, 6.07) is 1.08. The SMILES string of the molecule is Fc1ccc(OC(F)F)c(F)c1F. The van der Waals surface area contributed by atoms with Gasteiger partial charge in [0.25, 0.3) is 0 Å². The van der Waals surface area contributed by atoms with E-state index in [4.69, 9.17) is 0 Å². The van der Waals surface area contributed by atoms with Gasteiger partial charge >= 0.3 is 6.61 Å². The van der Waals surface area contributed by atoms with E-state index in [9.17, 15) is 22.0 Å². The van der Waals surface area contributed by atoms with Crippen LogP contribution in [0, 0.1) is 17.5 Å². The van der Waals surface area contributed by atoms with Gasteiger partial charge in [0.2, 0.25) is 5.82 Å². The molecule has 0 saturated carbocycles. The van der Waals surface area contributed by atoms with Crippen molar-refractivity contribution in [2.45, 2.75) is 6.61 Å². The molecule has 0 N–H and O–H groups in total. The number of ether oxygens (including phenoxy) is 1. The van der Waals surface area contributed by atoms with E-state index in [2.05, 4.69) is 4.74 Å². The second kappa shape index (κ2) is 3.59. The van der Waals surface area contributed by atoms with Crippen LogP contribution in [0.15, 0.2) is 12.1 Å². The summed E-state index contributed by atoms with van der Waals surface area (Å²) in [5, 5.41) is 0. The molecule has 0 aliphatic rings. The highest BCUT2D eigenvalue weighted by atomic mass is 19.3. The van der Waals surface area contributed by atoms with Crippen LogP contribution in [-0.4, -0.2) is 6.61 Å². The van der Waals surface area contributed by atoms with Gasteiger partial charge in [0.05, 0.1) is 0 Å². The zero-order valence-corrected chi connectivity index (χ0v) is 6.03. The summed E-state index contributed by atoms with van der Waals surface area (Å²) in [6.45, 7) is -3.28. The van der Waals surface area contributed by atoms with E-state index in [-0.39, 0.29) is 0 Å². The second-order valence-electron chi connectivity index (χ2n) is 2.05. The van der Waals surface area contributed by atoms with Crippen molar-refractivity contribution in [1.82, 2.24) is 0 Å². The lowest BCUT2D eigenvalue weighted by Gasteiger charge is -2.05. The summed E-state index contributed by atoms with van der Waals surface area (Å²) in [6.07, 6.45) is 0. The summed E-state index contributed by atoms with van der Waals surface area (Å²) < 4.78 is 63.8. The molecule has 1 aromatic carbocycles. The van der Waals surface area contributed by atoms with Gasteiger partial charge in [-0.2, -0.15) is 13.2 Å². The summed E-state index contributed by atoms with van der Waals surface area (Å²) in [7, 11) is 0. The van der Waals surface area contributed by atoms with Gasteiger partial charge in [0.15, 0.2) is 17.4 Å². The maximum atomic E-state index is 12.5. The van der Waals surface area contributed by atoms with E-state index in [0.29, 0.717) is 12.1 Å². The molecule has 0 fully saturated rings. The van der Waals surface area contributed by atoms with E-state index in [0.717, 1.165) is 0 Å². The Morgan fingerprint density at radius 2 is 1.62 bits per heavy atom. The molecule has 0 radical (unpaired) electrons. The third-order valence-corrected chi connectivity index (χ3v) is 1.22. The Kier molecular flexibility index (Phi) is 2.69. The van der Waals surface area contributed by atoms with Crippen LogP contribution in [0.1, 0.15) is 0 Å². The third kappa shape index (κ3) is 2.07. The average molecular weight is 198 g/mol. The van der Waals surface area contributed by atoms with Gasteiger partial charge in [-0.05, 0) is 12.1 Å². The van der Waals surface area contributed by atoms with Crippen LogP contribution >= 0.6 is 0 Å². The van der Waals surface area contributed by atoms with Crippen LogP contribution in [0.2, 0.25) is 0 Å². The fraction of sp³-hybridized carbons (Fsp3) is 0.143. The van der Waals surface area contributed by atoms with Crippen LogP contribution in [0.3, 0.4) is 0 Å². The number of hydrogen-bond acceptors (Lipinski definition) is 1. The molecule has 0 amide bonds. The Morgan fingerprint density at radius 1 is 1.00 bits per heavy atom. The molecule has 0 aliphatic carbocycles. The maximum Gasteiger partial charge on any atom is 0.387 e. The molecule has 6 heteroatoms. The van der Waals surface area contributed by atoms with Crippen molar-refractivity contribution in [3.05, 3.63) is 29.6 Å². The molecule has 0 heterocycles. The van der Waals surface area contributed by atoms with Gasteiger partial charge in [-0.3, -0.25) is 0 Å². The van der Waals surface area contributed by atoms with E-state index in [1.54, 1.807) is 0 Å². The smallest absolute Gasteiger partial charge is 0.387 e. The van der Waals surface area contributed by atoms with Crippen molar-refractivity contribution in [1.29, 1.82) is 0 Å². The van der Waals surface area contributed by atoms with Gasteiger partial charge in [-0.15, -0.1) is 0 Å². The largest absolute Gasteiger partial charge is 0.432 e. The fourth-order valence-corrected chi connectivity index (χ4v) is 0.695. The molecule has 1 aromatic rings. The molecule has 1 rings (SSSR count). The van der Waals surface area contributed by atoms with Gasteiger partial charge in [-0.25, -0.2) is 8.78 Å². The van der Waals surface area contributed by atoms with E-state index < -0.39 is 29.8 Å². The molecule has 0 aliphatic heterocycles. The fourth-order valence-electron chi connectivity index (χ4n) is 0.695. The molecule has 13 heavy (non-hydrogen) atoms. The molecule has 72 valence electrons. The van der Waals surface area contributed by atoms with E-state index in [1.165, 1.54) is 0 Å². The minimum absolute atomic E-state index is 0.496. The predicted molar refractivity (Wildman–Crippen MR) is 32.9 cm³/mol. The predicted octanol–water partition coefficient (Wildman–Crippen LogP) is 2.71. The van der Waals surface area contributed by atoms with E-state index >= 15 is 0 Å². The number of halogens is 5. The standard InChI is InChI=1S/C7H3F5O/c8-3-1-2-4(13-7(11)12)6(10)5(3)9/h1-2,7H. The highest BCUT2D eigenvalue weighted by Crippen LogP contribution is 2.23. The minimum Gasteiger partial charge on any atom is -0.432 e. The molecule has 0 bridgehead atoms. The number of alkyl halides is 2. The van der Waals surface area contributed by atoms with E-state index in [1.807, 2.05) is 0 Å². The molecular weight excluding hydrogens is 195 g/mol. The van der Waals surface area contributed by atoms with Gasteiger partial charge in [0.1, 0.15) is 0 Å². The first-order valence-corrected chi connectivity index (χ1v) is 3.10. The average Bonchev–Trinajstić information content (AvgIpc) is 2.06.